The summed E-state index contributed by atoms with van der Waals surface area (Å²) in [6, 6.07) is 5.11. The molecule has 1 aliphatic carbocycles. The Morgan fingerprint density at radius 1 is 1.21 bits per heavy atom. The molecule has 1 unspecified atom stereocenters. The van der Waals surface area contributed by atoms with Gasteiger partial charge in [0, 0.05) is 5.02 Å². The summed E-state index contributed by atoms with van der Waals surface area (Å²) in [6.45, 7) is 0. The molecule has 2 aliphatic rings. The van der Waals surface area contributed by atoms with E-state index in [2.05, 4.69) is 5.10 Å². The third kappa shape index (κ3) is 2.37. The van der Waals surface area contributed by atoms with Gasteiger partial charge in [0.2, 0.25) is 0 Å². The van der Waals surface area contributed by atoms with E-state index in [1.54, 1.807) is 18.2 Å². The molecule has 0 saturated heterocycles. The van der Waals surface area contributed by atoms with E-state index in [0.717, 1.165) is 31.4 Å². The van der Waals surface area contributed by atoms with E-state index >= 15 is 0 Å². The lowest BCUT2D eigenvalue weighted by Gasteiger charge is -2.15. The van der Waals surface area contributed by atoms with Gasteiger partial charge in [-0.3, -0.25) is 4.79 Å². The molecule has 0 N–H and O–H groups in total. The van der Waals surface area contributed by atoms with Gasteiger partial charge in [0.05, 0.1) is 22.3 Å². The average molecular weight is 297 g/mol. The fraction of sp³-hybridized carbons (Fsp3) is 0.429. The Morgan fingerprint density at radius 2 is 2.05 bits per heavy atom. The second-order valence-electron chi connectivity index (χ2n) is 4.99. The van der Waals surface area contributed by atoms with Crippen LogP contribution in [0.2, 0.25) is 10.0 Å². The number of benzene rings is 1. The van der Waals surface area contributed by atoms with Gasteiger partial charge in [-0.2, -0.15) is 10.1 Å². The Morgan fingerprint density at radius 3 is 2.84 bits per heavy atom. The monoisotopic (exact) mass is 296 g/mol. The maximum Gasteiger partial charge on any atom is 0.256 e. The molecule has 0 spiro atoms. The quantitative estimate of drug-likeness (QED) is 0.761. The van der Waals surface area contributed by atoms with E-state index in [9.17, 15) is 4.79 Å². The minimum Gasteiger partial charge on any atom is -0.272 e. The molecular formula is C14H14Cl2N2O. The third-order valence-electron chi connectivity index (χ3n) is 3.70. The van der Waals surface area contributed by atoms with E-state index < -0.39 is 0 Å². The maximum absolute atomic E-state index is 12.4. The van der Waals surface area contributed by atoms with Crippen molar-refractivity contribution in [2.24, 2.45) is 11.0 Å². The van der Waals surface area contributed by atoms with E-state index in [1.165, 1.54) is 11.4 Å². The van der Waals surface area contributed by atoms with Gasteiger partial charge in [0.1, 0.15) is 0 Å². The zero-order valence-electron chi connectivity index (χ0n) is 10.4. The fourth-order valence-corrected chi connectivity index (χ4v) is 3.20. The van der Waals surface area contributed by atoms with Crippen molar-refractivity contribution in [2.75, 3.05) is 5.01 Å². The molecule has 3 rings (SSSR count). The molecule has 1 heterocycles. The van der Waals surface area contributed by atoms with Crippen molar-refractivity contribution in [2.45, 2.75) is 32.1 Å². The van der Waals surface area contributed by atoms with Crippen LogP contribution in [0.5, 0.6) is 0 Å². The number of fused-ring (bicyclic) bond motifs is 1. The molecule has 1 aromatic carbocycles. The Hall–Kier alpha value is -1.06. The van der Waals surface area contributed by atoms with Crippen molar-refractivity contribution >= 4 is 40.5 Å². The minimum absolute atomic E-state index is 0.0427. The average Bonchev–Trinajstić information content (AvgIpc) is 2.57. The molecule has 1 aliphatic heterocycles. The highest BCUT2D eigenvalue weighted by Gasteiger charge is 2.37. The number of anilines is 1. The Labute approximate surface area is 122 Å². The van der Waals surface area contributed by atoms with Crippen LogP contribution in [0.3, 0.4) is 0 Å². The second kappa shape index (κ2) is 5.14. The summed E-state index contributed by atoms with van der Waals surface area (Å²) in [7, 11) is 0. The first kappa shape index (κ1) is 12.9. The highest BCUT2D eigenvalue weighted by atomic mass is 35.5. The van der Waals surface area contributed by atoms with Gasteiger partial charge >= 0.3 is 0 Å². The zero-order valence-corrected chi connectivity index (χ0v) is 11.9. The Balaban J connectivity index is 1.95. The van der Waals surface area contributed by atoms with Crippen molar-refractivity contribution in [3.8, 4) is 0 Å². The molecule has 0 radical (unpaired) electrons. The lowest BCUT2D eigenvalue weighted by atomic mass is 9.98. The molecule has 5 heteroatoms. The van der Waals surface area contributed by atoms with E-state index in [4.69, 9.17) is 23.2 Å². The minimum atomic E-state index is -0.0470. The van der Waals surface area contributed by atoms with Crippen LogP contribution < -0.4 is 5.01 Å². The number of carbonyl (C=O) groups excluding carboxylic acids is 1. The Kier molecular flexibility index (Phi) is 3.50. The summed E-state index contributed by atoms with van der Waals surface area (Å²) in [5.74, 6) is -0.00429. The predicted octanol–water partition coefficient (Wildman–Crippen LogP) is 4.28. The van der Waals surface area contributed by atoms with Gasteiger partial charge in [-0.1, -0.05) is 36.0 Å². The predicted molar refractivity (Wildman–Crippen MR) is 78.0 cm³/mol. The van der Waals surface area contributed by atoms with Gasteiger partial charge < -0.3 is 0 Å². The van der Waals surface area contributed by atoms with Crippen LogP contribution >= 0.6 is 23.2 Å². The molecule has 100 valence electrons. The van der Waals surface area contributed by atoms with Gasteiger partial charge in [-0.05, 0) is 37.5 Å². The number of nitrogens with zero attached hydrogens (tertiary/aromatic N) is 2. The van der Waals surface area contributed by atoms with Crippen LogP contribution in [0.1, 0.15) is 32.1 Å². The number of hydrogen-bond donors (Lipinski definition) is 0. The van der Waals surface area contributed by atoms with Crippen molar-refractivity contribution in [3.05, 3.63) is 28.2 Å². The fourth-order valence-electron chi connectivity index (χ4n) is 2.71. The molecule has 0 bridgehead atoms. The number of carbonyl (C=O) groups is 1. The van der Waals surface area contributed by atoms with Gasteiger partial charge in [-0.25, -0.2) is 0 Å². The van der Waals surface area contributed by atoms with Crippen LogP contribution in [0.15, 0.2) is 23.3 Å². The van der Waals surface area contributed by atoms with Gasteiger partial charge in [-0.15, -0.1) is 0 Å². The van der Waals surface area contributed by atoms with E-state index in [1.807, 2.05) is 0 Å². The largest absolute Gasteiger partial charge is 0.272 e. The third-order valence-corrected chi connectivity index (χ3v) is 4.24. The van der Waals surface area contributed by atoms with E-state index in [0.29, 0.717) is 15.7 Å². The number of hydrogen-bond acceptors (Lipinski definition) is 2. The van der Waals surface area contributed by atoms with Gasteiger partial charge in [0.15, 0.2) is 0 Å². The summed E-state index contributed by atoms with van der Waals surface area (Å²) in [6.07, 6.45) is 5.21. The normalized spacial score (nSPS) is 23.1. The van der Waals surface area contributed by atoms with Crippen molar-refractivity contribution in [1.82, 2.24) is 0 Å². The molecule has 1 aromatic rings. The number of amides is 1. The number of rotatable bonds is 1. The lowest BCUT2D eigenvalue weighted by molar-refractivity contribution is -0.119. The number of hydrazone groups is 1. The van der Waals surface area contributed by atoms with Gasteiger partial charge in [0.25, 0.3) is 5.91 Å². The first-order chi connectivity index (χ1) is 9.16. The molecular weight excluding hydrogens is 283 g/mol. The molecule has 3 nitrogen and oxygen atoms in total. The smallest absolute Gasteiger partial charge is 0.256 e. The summed E-state index contributed by atoms with van der Waals surface area (Å²) in [4.78, 5) is 12.4. The van der Waals surface area contributed by atoms with Crippen molar-refractivity contribution < 1.29 is 4.79 Å². The van der Waals surface area contributed by atoms with Crippen LogP contribution in [0, 0.1) is 5.92 Å². The number of halogens is 2. The SMILES string of the molecule is O=C1C2CCCCCC2=NN1c1ccc(Cl)cc1Cl. The van der Waals surface area contributed by atoms with Crippen LogP contribution in [-0.4, -0.2) is 11.6 Å². The van der Waals surface area contributed by atoms with Crippen LogP contribution in [0.4, 0.5) is 5.69 Å². The molecule has 0 aromatic heterocycles. The molecule has 1 atom stereocenters. The first-order valence-electron chi connectivity index (χ1n) is 6.53. The van der Waals surface area contributed by atoms with Crippen molar-refractivity contribution in [3.63, 3.8) is 0 Å². The molecule has 1 amide bonds. The maximum atomic E-state index is 12.4. The van der Waals surface area contributed by atoms with Crippen LogP contribution in [-0.2, 0) is 4.79 Å². The first-order valence-corrected chi connectivity index (χ1v) is 7.29. The summed E-state index contributed by atoms with van der Waals surface area (Å²) < 4.78 is 0. The molecule has 1 fully saturated rings. The second-order valence-corrected chi connectivity index (χ2v) is 5.83. The van der Waals surface area contributed by atoms with Crippen molar-refractivity contribution in [1.29, 1.82) is 0 Å². The Bertz CT molecular complexity index is 556. The summed E-state index contributed by atoms with van der Waals surface area (Å²) in [5, 5.41) is 6.95. The van der Waals surface area contributed by atoms with E-state index in [-0.39, 0.29) is 11.8 Å². The lowest BCUT2D eigenvalue weighted by Crippen LogP contribution is -2.27. The highest BCUT2D eigenvalue weighted by molar-refractivity contribution is 6.37. The molecule has 1 saturated carbocycles. The summed E-state index contributed by atoms with van der Waals surface area (Å²) in [5.41, 5.74) is 1.63. The zero-order chi connectivity index (χ0) is 13.4. The standard InChI is InChI=1S/C14H14Cl2N2O/c15-9-6-7-13(11(16)8-9)18-14(19)10-4-2-1-3-5-12(10)17-18/h6-8,10H,1-5H2. The molecule has 19 heavy (non-hydrogen) atoms. The summed E-state index contributed by atoms with van der Waals surface area (Å²) >= 11 is 12.0. The topological polar surface area (TPSA) is 32.7 Å². The van der Waals surface area contributed by atoms with Crippen LogP contribution in [0.25, 0.3) is 0 Å². The highest BCUT2D eigenvalue weighted by Crippen LogP contribution is 2.35.